The second-order valence-electron chi connectivity index (χ2n) is 6.25. The molecule has 0 saturated carbocycles. The zero-order valence-electron chi connectivity index (χ0n) is 13.1. The van der Waals surface area contributed by atoms with Crippen LogP contribution in [0, 0.1) is 0 Å². The first-order valence-corrected chi connectivity index (χ1v) is 8.86. The summed E-state index contributed by atoms with van der Waals surface area (Å²) >= 11 is 3.38. The van der Waals surface area contributed by atoms with Crippen LogP contribution in [0.5, 0.6) is 0 Å². The maximum Gasteiger partial charge on any atom is 0.251 e. The van der Waals surface area contributed by atoms with E-state index in [9.17, 15) is 9.59 Å². The Hall–Kier alpha value is -1.98. The van der Waals surface area contributed by atoms with Gasteiger partial charge in [0.2, 0.25) is 5.91 Å². The molecule has 0 spiro atoms. The fraction of sp³-hybridized carbons (Fsp3) is 0.263. The zero-order valence-corrected chi connectivity index (χ0v) is 14.7. The smallest absolute Gasteiger partial charge is 0.251 e. The molecule has 0 aliphatic carbocycles. The Morgan fingerprint density at radius 1 is 0.958 bits per heavy atom. The van der Waals surface area contributed by atoms with E-state index < -0.39 is 0 Å². The van der Waals surface area contributed by atoms with Crippen molar-refractivity contribution >= 4 is 33.4 Å². The van der Waals surface area contributed by atoms with Crippen LogP contribution in [0.2, 0.25) is 0 Å². The molecule has 2 aliphatic rings. The Morgan fingerprint density at radius 3 is 2.42 bits per heavy atom. The monoisotopic (exact) mass is 384 g/mol. The molecule has 0 radical (unpaired) electrons. The first-order valence-electron chi connectivity index (χ1n) is 8.07. The fourth-order valence-electron chi connectivity index (χ4n) is 3.55. The summed E-state index contributed by atoms with van der Waals surface area (Å²) < 4.78 is 0.925. The van der Waals surface area contributed by atoms with Gasteiger partial charge >= 0.3 is 0 Å². The Morgan fingerprint density at radius 2 is 1.67 bits per heavy atom. The van der Waals surface area contributed by atoms with Crippen LogP contribution in [0.25, 0.3) is 0 Å². The van der Waals surface area contributed by atoms with E-state index in [1.54, 1.807) is 12.1 Å². The molecule has 4 nitrogen and oxygen atoms in total. The highest BCUT2D eigenvalue weighted by atomic mass is 79.9. The van der Waals surface area contributed by atoms with Gasteiger partial charge in [-0.1, -0.05) is 40.2 Å². The van der Waals surface area contributed by atoms with Crippen molar-refractivity contribution in [3.8, 4) is 0 Å². The van der Waals surface area contributed by atoms with E-state index in [4.69, 9.17) is 0 Å². The van der Waals surface area contributed by atoms with Crippen LogP contribution in [0.1, 0.15) is 17.5 Å². The van der Waals surface area contributed by atoms with Gasteiger partial charge in [0.05, 0.1) is 18.2 Å². The summed E-state index contributed by atoms with van der Waals surface area (Å²) in [5, 5.41) is 0. The van der Waals surface area contributed by atoms with Crippen molar-refractivity contribution in [2.75, 3.05) is 11.4 Å². The lowest BCUT2D eigenvalue weighted by molar-refractivity contribution is -0.123. The molecule has 2 amide bonds. The molecular formula is C19H17BrN2O2. The third-order valence-corrected chi connectivity index (χ3v) is 5.34. The average Bonchev–Trinajstić information content (AvgIpc) is 2.90. The molecule has 122 valence electrons. The van der Waals surface area contributed by atoms with Crippen LogP contribution in [-0.4, -0.2) is 29.3 Å². The summed E-state index contributed by atoms with van der Waals surface area (Å²) in [5.74, 6) is -0.229. The molecule has 2 heterocycles. The molecule has 0 bridgehead atoms. The van der Waals surface area contributed by atoms with E-state index in [0.29, 0.717) is 5.69 Å². The number of imide groups is 1. The summed E-state index contributed by atoms with van der Waals surface area (Å²) in [6.07, 6.45) is 1.18. The van der Waals surface area contributed by atoms with Gasteiger partial charge in [-0.15, -0.1) is 0 Å². The Kier molecular flexibility index (Phi) is 3.98. The first-order chi connectivity index (χ1) is 11.6. The third-order valence-electron chi connectivity index (χ3n) is 4.81. The molecule has 5 heteroatoms. The summed E-state index contributed by atoms with van der Waals surface area (Å²) in [7, 11) is 0. The predicted molar refractivity (Wildman–Crippen MR) is 95.6 cm³/mol. The van der Waals surface area contributed by atoms with Crippen LogP contribution < -0.4 is 4.90 Å². The van der Waals surface area contributed by atoms with Gasteiger partial charge in [0.1, 0.15) is 0 Å². The number of fused-ring (bicyclic) bond motifs is 1. The van der Waals surface area contributed by atoms with Crippen molar-refractivity contribution in [1.29, 1.82) is 0 Å². The summed E-state index contributed by atoms with van der Waals surface area (Å²) in [6, 6.07) is 15.3. The first kappa shape index (κ1) is 15.5. The summed E-state index contributed by atoms with van der Waals surface area (Å²) in [6.45, 7) is 1.54. The molecule has 0 N–H and O–H groups in total. The maximum atomic E-state index is 12.9. The standard InChI is InChI=1S/C19H17BrN2O2/c20-15-5-7-16(8-6-15)22-18(23)11-17(19(22)24)21-10-9-13-3-1-2-4-14(13)12-21/h1-8,17H,9-12H2. The number of hydrogen-bond acceptors (Lipinski definition) is 3. The minimum atomic E-state index is -0.352. The Balaban J connectivity index is 1.57. The molecule has 1 unspecified atom stereocenters. The van der Waals surface area contributed by atoms with E-state index in [1.165, 1.54) is 16.0 Å². The molecule has 2 aromatic rings. The Bertz CT molecular complexity index is 803. The van der Waals surface area contributed by atoms with Gasteiger partial charge < -0.3 is 0 Å². The minimum absolute atomic E-state index is 0.110. The molecule has 24 heavy (non-hydrogen) atoms. The van der Waals surface area contributed by atoms with Gasteiger partial charge in [0.25, 0.3) is 5.91 Å². The highest BCUT2D eigenvalue weighted by Gasteiger charge is 2.43. The highest BCUT2D eigenvalue weighted by Crippen LogP contribution is 2.29. The second-order valence-corrected chi connectivity index (χ2v) is 7.17. The largest absolute Gasteiger partial charge is 0.287 e. The summed E-state index contributed by atoms with van der Waals surface area (Å²) in [5.41, 5.74) is 3.24. The molecule has 0 aromatic heterocycles. The van der Waals surface area contributed by atoms with E-state index in [-0.39, 0.29) is 24.3 Å². The molecule has 2 aromatic carbocycles. The van der Waals surface area contributed by atoms with Crippen LogP contribution in [-0.2, 0) is 22.6 Å². The lowest BCUT2D eigenvalue weighted by atomic mass is 9.98. The number of amides is 2. The number of carbonyl (C=O) groups is 2. The quantitative estimate of drug-likeness (QED) is 0.746. The van der Waals surface area contributed by atoms with Crippen LogP contribution in [0.15, 0.2) is 53.0 Å². The number of carbonyl (C=O) groups excluding carboxylic acids is 2. The SMILES string of the molecule is O=C1CC(N2CCc3ccccc3C2)C(=O)N1c1ccc(Br)cc1. The number of anilines is 1. The Labute approximate surface area is 149 Å². The van der Waals surface area contributed by atoms with E-state index in [1.807, 2.05) is 24.3 Å². The normalized spacial score (nSPS) is 21.2. The van der Waals surface area contributed by atoms with Crippen molar-refractivity contribution in [3.63, 3.8) is 0 Å². The number of halogens is 1. The maximum absolute atomic E-state index is 12.9. The molecule has 1 atom stereocenters. The number of hydrogen-bond donors (Lipinski definition) is 0. The van der Waals surface area contributed by atoms with Crippen molar-refractivity contribution in [2.45, 2.75) is 25.4 Å². The third kappa shape index (κ3) is 2.68. The van der Waals surface area contributed by atoms with Crippen molar-refractivity contribution < 1.29 is 9.59 Å². The molecule has 2 aliphatic heterocycles. The van der Waals surface area contributed by atoms with Gasteiger partial charge in [-0.05, 0) is 41.8 Å². The van der Waals surface area contributed by atoms with Crippen molar-refractivity contribution in [2.24, 2.45) is 0 Å². The van der Waals surface area contributed by atoms with Gasteiger partial charge in [0, 0.05) is 17.6 Å². The van der Waals surface area contributed by atoms with Crippen LogP contribution >= 0.6 is 15.9 Å². The van der Waals surface area contributed by atoms with Crippen LogP contribution in [0.3, 0.4) is 0 Å². The fourth-order valence-corrected chi connectivity index (χ4v) is 3.81. The van der Waals surface area contributed by atoms with Crippen LogP contribution in [0.4, 0.5) is 5.69 Å². The lowest BCUT2D eigenvalue weighted by Gasteiger charge is -2.32. The molecule has 1 saturated heterocycles. The summed E-state index contributed by atoms with van der Waals surface area (Å²) in [4.78, 5) is 28.8. The lowest BCUT2D eigenvalue weighted by Crippen LogP contribution is -2.44. The van der Waals surface area contributed by atoms with Gasteiger partial charge in [-0.2, -0.15) is 0 Å². The van der Waals surface area contributed by atoms with E-state index >= 15 is 0 Å². The highest BCUT2D eigenvalue weighted by molar-refractivity contribution is 9.10. The van der Waals surface area contributed by atoms with E-state index in [2.05, 4.69) is 33.0 Å². The van der Waals surface area contributed by atoms with Gasteiger partial charge in [-0.25, -0.2) is 4.90 Å². The predicted octanol–water partition coefficient (Wildman–Crippen LogP) is 3.14. The van der Waals surface area contributed by atoms with Gasteiger partial charge in [-0.3, -0.25) is 14.5 Å². The number of rotatable bonds is 2. The molecule has 1 fully saturated rings. The van der Waals surface area contributed by atoms with E-state index in [0.717, 1.165) is 24.0 Å². The topological polar surface area (TPSA) is 40.6 Å². The average molecular weight is 385 g/mol. The zero-order chi connectivity index (χ0) is 16.7. The number of nitrogens with zero attached hydrogens (tertiary/aromatic N) is 2. The second kappa shape index (κ2) is 6.15. The molecular weight excluding hydrogens is 368 g/mol. The number of benzene rings is 2. The molecule has 4 rings (SSSR count). The van der Waals surface area contributed by atoms with Crippen molar-refractivity contribution in [3.05, 3.63) is 64.1 Å². The van der Waals surface area contributed by atoms with Crippen molar-refractivity contribution in [1.82, 2.24) is 4.90 Å². The van der Waals surface area contributed by atoms with Gasteiger partial charge in [0.15, 0.2) is 0 Å². The minimum Gasteiger partial charge on any atom is -0.287 e.